The first-order valence-electron chi connectivity index (χ1n) is 10.0. The minimum absolute atomic E-state index is 0.107. The van der Waals surface area contributed by atoms with E-state index in [0.717, 1.165) is 37.4 Å². The Morgan fingerprint density at radius 2 is 1.60 bits per heavy atom. The van der Waals surface area contributed by atoms with E-state index in [1.54, 1.807) is 26.4 Å². The smallest absolute Gasteiger partial charge is 0.268 e. The van der Waals surface area contributed by atoms with Gasteiger partial charge in [0.25, 0.3) is 5.56 Å². The van der Waals surface area contributed by atoms with Crippen LogP contribution >= 0.6 is 0 Å². The van der Waals surface area contributed by atoms with E-state index < -0.39 is 0 Å². The third-order valence-corrected chi connectivity index (χ3v) is 5.37. The van der Waals surface area contributed by atoms with Gasteiger partial charge in [0.1, 0.15) is 0 Å². The van der Waals surface area contributed by atoms with Crippen LogP contribution < -0.4 is 19.9 Å². The molecule has 4 rings (SSSR count). The second kappa shape index (κ2) is 9.00. The summed E-state index contributed by atoms with van der Waals surface area (Å²) >= 11 is 0. The number of hydrogen-bond acceptors (Lipinski definition) is 6. The number of piperazine rings is 1. The highest BCUT2D eigenvalue weighted by Gasteiger charge is 2.18. The molecule has 1 aliphatic heterocycles. The molecule has 7 heteroatoms. The summed E-state index contributed by atoms with van der Waals surface area (Å²) in [5.41, 5.74) is 2.72. The molecule has 1 saturated heterocycles. The standard InChI is InChI=1S/C23H26N4O3/c1-29-21-10-8-18(16-22(21)30-2)20-9-11-23(28)27(24-20)17-25-12-14-26(15-13-25)19-6-4-3-5-7-19/h3-11,16H,12-15,17H2,1-2H3. The van der Waals surface area contributed by atoms with E-state index in [-0.39, 0.29) is 5.56 Å². The van der Waals surface area contributed by atoms with Crippen LogP contribution in [0, 0.1) is 0 Å². The van der Waals surface area contributed by atoms with Gasteiger partial charge < -0.3 is 14.4 Å². The molecule has 0 radical (unpaired) electrons. The van der Waals surface area contributed by atoms with Crippen LogP contribution in [0.1, 0.15) is 0 Å². The molecule has 0 N–H and O–H groups in total. The van der Waals surface area contributed by atoms with Crippen LogP contribution in [0.5, 0.6) is 11.5 Å². The van der Waals surface area contributed by atoms with Crippen LogP contribution in [0.3, 0.4) is 0 Å². The van der Waals surface area contributed by atoms with Crippen molar-refractivity contribution in [3.8, 4) is 22.8 Å². The molecule has 1 fully saturated rings. The van der Waals surface area contributed by atoms with E-state index >= 15 is 0 Å². The Morgan fingerprint density at radius 1 is 0.867 bits per heavy atom. The van der Waals surface area contributed by atoms with Crippen molar-refractivity contribution in [1.82, 2.24) is 14.7 Å². The minimum Gasteiger partial charge on any atom is -0.493 e. The summed E-state index contributed by atoms with van der Waals surface area (Å²) in [6.07, 6.45) is 0. The lowest BCUT2D eigenvalue weighted by Gasteiger charge is -2.36. The Balaban J connectivity index is 1.48. The lowest BCUT2D eigenvalue weighted by Crippen LogP contribution is -2.48. The summed E-state index contributed by atoms with van der Waals surface area (Å²) in [7, 11) is 3.21. The number of rotatable bonds is 6. The van der Waals surface area contributed by atoms with Crippen molar-refractivity contribution in [3.05, 3.63) is 71.0 Å². The predicted octanol–water partition coefficient (Wildman–Crippen LogP) is 2.71. The number of hydrogen-bond donors (Lipinski definition) is 0. The zero-order valence-corrected chi connectivity index (χ0v) is 17.3. The van der Waals surface area contributed by atoms with Crippen molar-refractivity contribution in [1.29, 1.82) is 0 Å². The van der Waals surface area contributed by atoms with Crippen LogP contribution in [-0.2, 0) is 6.67 Å². The van der Waals surface area contributed by atoms with Crippen molar-refractivity contribution in [2.24, 2.45) is 0 Å². The van der Waals surface area contributed by atoms with Gasteiger partial charge in [0, 0.05) is 43.5 Å². The van der Waals surface area contributed by atoms with Gasteiger partial charge in [-0.3, -0.25) is 9.69 Å². The van der Waals surface area contributed by atoms with E-state index in [9.17, 15) is 4.79 Å². The van der Waals surface area contributed by atoms with E-state index in [0.29, 0.717) is 18.2 Å². The summed E-state index contributed by atoms with van der Waals surface area (Å²) in [6, 6.07) is 19.4. The molecule has 7 nitrogen and oxygen atoms in total. The van der Waals surface area contributed by atoms with E-state index in [1.165, 1.54) is 10.4 Å². The molecule has 0 unspecified atom stereocenters. The topological polar surface area (TPSA) is 59.8 Å². The molecular formula is C23H26N4O3. The van der Waals surface area contributed by atoms with Crippen LogP contribution in [0.4, 0.5) is 5.69 Å². The summed E-state index contributed by atoms with van der Waals surface area (Å²) in [6.45, 7) is 4.08. The zero-order chi connectivity index (χ0) is 20.9. The molecule has 2 heterocycles. The second-order valence-electron chi connectivity index (χ2n) is 7.21. The van der Waals surface area contributed by atoms with Crippen LogP contribution in [0.15, 0.2) is 65.5 Å². The van der Waals surface area contributed by atoms with Crippen LogP contribution in [0.2, 0.25) is 0 Å². The summed E-state index contributed by atoms with van der Waals surface area (Å²) < 4.78 is 12.2. The quantitative estimate of drug-likeness (QED) is 0.627. The first-order valence-corrected chi connectivity index (χ1v) is 10.0. The van der Waals surface area contributed by atoms with Gasteiger partial charge in [-0.15, -0.1) is 0 Å². The lowest BCUT2D eigenvalue weighted by molar-refractivity contribution is 0.192. The number of ether oxygens (including phenoxy) is 2. The third-order valence-electron chi connectivity index (χ3n) is 5.37. The maximum Gasteiger partial charge on any atom is 0.268 e. The van der Waals surface area contributed by atoms with Gasteiger partial charge in [-0.1, -0.05) is 18.2 Å². The zero-order valence-electron chi connectivity index (χ0n) is 17.3. The molecule has 0 bridgehead atoms. The van der Waals surface area contributed by atoms with Crippen molar-refractivity contribution in [3.63, 3.8) is 0 Å². The largest absolute Gasteiger partial charge is 0.493 e. The Bertz CT molecular complexity index is 1040. The van der Waals surface area contributed by atoms with E-state index in [2.05, 4.69) is 39.2 Å². The van der Waals surface area contributed by atoms with Gasteiger partial charge in [0.15, 0.2) is 11.5 Å². The maximum absolute atomic E-state index is 12.4. The lowest BCUT2D eigenvalue weighted by atomic mass is 10.1. The highest BCUT2D eigenvalue weighted by Crippen LogP contribution is 2.31. The van der Waals surface area contributed by atoms with E-state index in [1.807, 2.05) is 24.3 Å². The number of anilines is 1. The first kappa shape index (κ1) is 20.0. The number of methoxy groups -OCH3 is 2. The fourth-order valence-corrected chi connectivity index (χ4v) is 3.68. The second-order valence-corrected chi connectivity index (χ2v) is 7.21. The summed E-state index contributed by atoms with van der Waals surface area (Å²) in [4.78, 5) is 17.0. The molecule has 1 aliphatic rings. The predicted molar refractivity (Wildman–Crippen MR) is 117 cm³/mol. The summed E-state index contributed by atoms with van der Waals surface area (Å²) in [5, 5.41) is 4.60. The molecule has 3 aromatic rings. The maximum atomic E-state index is 12.4. The van der Waals surface area contributed by atoms with Gasteiger partial charge in [0.05, 0.1) is 26.6 Å². The van der Waals surface area contributed by atoms with Crippen molar-refractivity contribution >= 4 is 5.69 Å². The van der Waals surface area contributed by atoms with Gasteiger partial charge in [-0.05, 0) is 36.4 Å². The molecule has 156 valence electrons. The number of nitrogens with zero attached hydrogens (tertiary/aromatic N) is 4. The summed E-state index contributed by atoms with van der Waals surface area (Å²) in [5.74, 6) is 1.29. The molecule has 0 spiro atoms. The normalized spacial score (nSPS) is 14.5. The highest BCUT2D eigenvalue weighted by atomic mass is 16.5. The van der Waals surface area contributed by atoms with Gasteiger partial charge in [-0.2, -0.15) is 5.10 Å². The average molecular weight is 406 g/mol. The van der Waals surface area contributed by atoms with E-state index in [4.69, 9.17) is 9.47 Å². The third kappa shape index (κ3) is 4.31. The molecule has 2 aromatic carbocycles. The van der Waals surface area contributed by atoms with Crippen molar-refractivity contribution in [2.45, 2.75) is 6.67 Å². The number of benzene rings is 2. The Kier molecular flexibility index (Phi) is 5.99. The van der Waals surface area contributed by atoms with Crippen LogP contribution in [0.25, 0.3) is 11.3 Å². The molecule has 0 saturated carbocycles. The van der Waals surface area contributed by atoms with Gasteiger partial charge in [0.2, 0.25) is 0 Å². The SMILES string of the molecule is COc1ccc(-c2ccc(=O)n(CN3CCN(c4ccccc4)CC3)n2)cc1OC. The fourth-order valence-electron chi connectivity index (χ4n) is 3.68. The number of aromatic nitrogens is 2. The first-order chi connectivity index (χ1) is 14.7. The molecule has 0 amide bonds. The van der Waals surface area contributed by atoms with Crippen LogP contribution in [-0.4, -0.2) is 55.1 Å². The molecule has 0 atom stereocenters. The van der Waals surface area contributed by atoms with Crippen molar-refractivity contribution in [2.75, 3.05) is 45.3 Å². The fraction of sp³-hybridized carbons (Fsp3) is 0.304. The van der Waals surface area contributed by atoms with Crippen molar-refractivity contribution < 1.29 is 9.47 Å². The monoisotopic (exact) mass is 406 g/mol. The van der Waals surface area contributed by atoms with Gasteiger partial charge >= 0.3 is 0 Å². The number of para-hydroxylation sites is 1. The molecule has 0 aliphatic carbocycles. The molecule has 1 aromatic heterocycles. The molecular weight excluding hydrogens is 380 g/mol. The molecule has 30 heavy (non-hydrogen) atoms. The highest BCUT2D eigenvalue weighted by molar-refractivity contribution is 5.63. The Morgan fingerprint density at radius 3 is 2.30 bits per heavy atom. The minimum atomic E-state index is -0.107. The Hall–Kier alpha value is -3.32. The average Bonchev–Trinajstić information content (AvgIpc) is 2.81. The Labute approximate surface area is 176 Å². The van der Waals surface area contributed by atoms with Gasteiger partial charge in [-0.25, -0.2) is 4.68 Å².